The first-order chi connectivity index (χ1) is 9.99. The smallest absolute Gasteiger partial charge is 0.321 e. The molecule has 2 aromatic carbocycles. The van der Waals surface area contributed by atoms with Crippen LogP contribution in [-0.4, -0.2) is 23.1 Å². The van der Waals surface area contributed by atoms with Crippen LogP contribution in [0.15, 0.2) is 42.5 Å². The molecule has 0 aliphatic carbocycles. The predicted octanol–water partition coefficient (Wildman–Crippen LogP) is 3.85. The molecular weight excluding hydrogens is 295 g/mol. The molecule has 6 heteroatoms. The van der Waals surface area contributed by atoms with Crippen molar-refractivity contribution in [2.75, 3.05) is 12.4 Å². The number of benzene rings is 2. The van der Waals surface area contributed by atoms with Crippen LogP contribution < -0.4 is 5.32 Å². The third-order valence-electron chi connectivity index (χ3n) is 2.94. The quantitative estimate of drug-likeness (QED) is 0.905. The Bertz CT molecular complexity index is 664. The van der Waals surface area contributed by atoms with Gasteiger partial charge in [0.2, 0.25) is 0 Å². The molecule has 0 bridgehead atoms. The molecule has 4 nitrogen and oxygen atoms in total. The average molecular weight is 309 g/mol. The van der Waals surface area contributed by atoms with Crippen LogP contribution in [0, 0.1) is 5.82 Å². The van der Waals surface area contributed by atoms with Crippen molar-refractivity contribution in [3.8, 4) is 5.75 Å². The van der Waals surface area contributed by atoms with Gasteiger partial charge < -0.3 is 15.3 Å². The second-order valence-corrected chi connectivity index (χ2v) is 4.92. The number of urea groups is 1. The molecule has 0 aliphatic heterocycles. The summed E-state index contributed by atoms with van der Waals surface area (Å²) in [6.07, 6.45) is 0. The van der Waals surface area contributed by atoms with Crippen LogP contribution in [0.3, 0.4) is 0 Å². The Kier molecular flexibility index (Phi) is 4.65. The number of phenols is 1. The van der Waals surface area contributed by atoms with Crippen LogP contribution in [-0.2, 0) is 6.54 Å². The van der Waals surface area contributed by atoms with Crippen molar-refractivity contribution in [2.24, 2.45) is 0 Å². The normalized spacial score (nSPS) is 10.2. The summed E-state index contributed by atoms with van der Waals surface area (Å²) in [6.45, 7) is 0.195. The number of halogens is 2. The lowest BCUT2D eigenvalue weighted by atomic mass is 10.2. The number of aromatic hydroxyl groups is 1. The molecule has 0 heterocycles. The Morgan fingerprint density at radius 2 is 2.00 bits per heavy atom. The molecule has 0 aliphatic rings. The van der Waals surface area contributed by atoms with E-state index in [0.29, 0.717) is 5.56 Å². The van der Waals surface area contributed by atoms with E-state index in [9.17, 15) is 14.3 Å². The van der Waals surface area contributed by atoms with Gasteiger partial charge in [-0.05, 0) is 18.2 Å². The molecule has 2 rings (SSSR count). The predicted molar refractivity (Wildman–Crippen MR) is 80.0 cm³/mol. The van der Waals surface area contributed by atoms with Gasteiger partial charge in [0.05, 0.1) is 17.3 Å². The summed E-state index contributed by atoms with van der Waals surface area (Å²) in [6, 6.07) is 10.6. The Morgan fingerprint density at radius 3 is 2.71 bits per heavy atom. The first-order valence-corrected chi connectivity index (χ1v) is 6.60. The van der Waals surface area contributed by atoms with Crippen molar-refractivity contribution < 1.29 is 14.3 Å². The third-order valence-corrected chi connectivity index (χ3v) is 3.23. The van der Waals surface area contributed by atoms with Crippen LogP contribution in [0.5, 0.6) is 5.75 Å². The summed E-state index contributed by atoms with van der Waals surface area (Å²) >= 11 is 5.65. The fourth-order valence-electron chi connectivity index (χ4n) is 1.78. The van der Waals surface area contributed by atoms with E-state index in [1.54, 1.807) is 31.3 Å². The lowest BCUT2D eigenvalue weighted by molar-refractivity contribution is 0.220. The number of hydrogen-bond donors (Lipinski definition) is 2. The highest BCUT2D eigenvalue weighted by atomic mass is 35.5. The zero-order valence-corrected chi connectivity index (χ0v) is 12.1. The van der Waals surface area contributed by atoms with Gasteiger partial charge in [0.15, 0.2) is 5.82 Å². The number of rotatable bonds is 3. The van der Waals surface area contributed by atoms with Crippen LogP contribution >= 0.6 is 11.6 Å². The Balaban J connectivity index is 2.06. The van der Waals surface area contributed by atoms with Crippen molar-refractivity contribution in [3.05, 3.63) is 58.9 Å². The second-order valence-electron chi connectivity index (χ2n) is 4.52. The summed E-state index contributed by atoms with van der Waals surface area (Å²) < 4.78 is 13.7. The highest BCUT2D eigenvalue weighted by Crippen LogP contribution is 2.23. The zero-order chi connectivity index (χ0) is 15.4. The lowest BCUT2D eigenvalue weighted by Crippen LogP contribution is -2.31. The molecule has 2 amide bonds. The maximum absolute atomic E-state index is 13.7. The molecule has 0 saturated heterocycles. The molecular formula is C15H14ClFN2O2. The lowest BCUT2D eigenvalue weighted by Gasteiger charge is -2.19. The topological polar surface area (TPSA) is 52.6 Å². The van der Waals surface area contributed by atoms with Gasteiger partial charge >= 0.3 is 6.03 Å². The molecule has 2 N–H and O–H groups in total. The van der Waals surface area contributed by atoms with Crippen molar-refractivity contribution in [1.29, 1.82) is 0 Å². The molecule has 0 radical (unpaired) electrons. The summed E-state index contributed by atoms with van der Waals surface area (Å²) in [5.41, 5.74) is 0.610. The molecule has 0 aromatic heterocycles. The first-order valence-electron chi connectivity index (χ1n) is 6.22. The van der Waals surface area contributed by atoms with Gasteiger partial charge in [0, 0.05) is 12.6 Å². The number of amides is 2. The first kappa shape index (κ1) is 15.1. The highest BCUT2D eigenvalue weighted by molar-refractivity contribution is 6.31. The van der Waals surface area contributed by atoms with Crippen LogP contribution in [0.25, 0.3) is 0 Å². The maximum Gasteiger partial charge on any atom is 0.321 e. The van der Waals surface area contributed by atoms with Crippen LogP contribution in [0.2, 0.25) is 5.02 Å². The number of phenolic OH excluding ortho intramolecular Hbond substituents is 1. The number of anilines is 1. The number of hydrogen-bond acceptors (Lipinski definition) is 2. The molecule has 0 atom stereocenters. The summed E-state index contributed by atoms with van der Waals surface area (Å²) in [7, 11) is 1.55. The molecule has 0 fully saturated rings. The SMILES string of the molecule is CN(Cc1ccccc1O)C(=O)Nc1cccc(Cl)c1F. The zero-order valence-electron chi connectivity index (χ0n) is 11.3. The van der Waals surface area contributed by atoms with Gasteiger partial charge in [-0.3, -0.25) is 0 Å². The summed E-state index contributed by atoms with van der Waals surface area (Å²) in [4.78, 5) is 13.3. The van der Waals surface area contributed by atoms with Gasteiger partial charge in [0.25, 0.3) is 0 Å². The second kappa shape index (κ2) is 6.45. The van der Waals surface area contributed by atoms with E-state index in [2.05, 4.69) is 5.32 Å². The Hall–Kier alpha value is -2.27. The Labute approximate surface area is 126 Å². The molecule has 0 saturated carbocycles. The molecule has 0 spiro atoms. The monoisotopic (exact) mass is 308 g/mol. The van der Waals surface area contributed by atoms with Crippen LogP contribution in [0.4, 0.5) is 14.9 Å². The van der Waals surface area contributed by atoms with E-state index in [4.69, 9.17) is 11.6 Å². The van der Waals surface area contributed by atoms with E-state index >= 15 is 0 Å². The van der Waals surface area contributed by atoms with Gasteiger partial charge in [-0.25, -0.2) is 9.18 Å². The van der Waals surface area contributed by atoms with Crippen LogP contribution in [0.1, 0.15) is 5.56 Å². The van der Waals surface area contributed by atoms with E-state index in [0.717, 1.165) is 0 Å². The number of para-hydroxylation sites is 1. The number of nitrogens with one attached hydrogen (secondary N) is 1. The fraction of sp³-hybridized carbons (Fsp3) is 0.133. The van der Waals surface area contributed by atoms with Gasteiger partial charge in [-0.15, -0.1) is 0 Å². The van der Waals surface area contributed by atoms with Crippen molar-refractivity contribution in [2.45, 2.75) is 6.54 Å². The fourth-order valence-corrected chi connectivity index (χ4v) is 1.96. The minimum Gasteiger partial charge on any atom is -0.508 e. The standard InChI is InChI=1S/C15H14ClFN2O2/c1-19(9-10-5-2-3-8-13(10)20)15(21)18-12-7-4-6-11(16)14(12)17/h2-8,20H,9H2,1H3,(H,18,21). The molecule has 110 valence electrons. The van der Waals surface area contributed by atoms with Crippen molar-refractivity contribution in [3.63, 3.8) is 0 Å². The number of carbonyl (C=O) groups is 1. The maximum atomic E-state index is 13.7. The van der Waals surface area contributed by atoms with Crippen molar-refractivity contribution in [1.82, 2.24) is 4.90 Å². The summed E-state index contributed by atoms with van der Waals surface area (Å²) in [5, 5.41) is 12.1. The largest absolute Gasteiger partial charge is 0.508 e. The average Bonchev–Trinajstić information content (AvgIpc) is 2.46. The Morgan fingerprint density at radius 1 is 1.29 bits per heavy atom. The third kappa shape index (κ3) is 3.64. The minimum atomic E-state index is -0.677. The minimum absolute atomic E-state index is 0.0108. The van der Waals surface area contributed by atoms with E-state index < -0.39 is 11.8 Å². The van der Waals surface area contributed by atoms with E-state index in [-0.39, 0.29) is 23.0 Å². The number of carbonyl (C=O) groups excluding carboxylic acids is 1. The van der Waals surface area contributed by atoms with Gasteiger partial charge in [-0.2, -0.15) is 0 Å². The van der Waals surface area contributed by atoms with Crippen molar-refractivity contribution >= 4 is 23.3 Å². The molecule has 2 aromatic rings. The summed E-state index contributed by atoms with van der Waals surface area (Å²) in [5.74, 6) is -0.574. The number of nitrogens with zero attached hydrogens (tertiary/aromatic N) is 1. The van der Waals surface area contributed by atoms with E-state index in [1.807, 2.05) is 0 Å². The molecule has 0 unspecified atom stereocenters. The molecule has 21 heavy (non-hydrogen) atoms. The highest BCUT2D eigenvalue weighted by Gasteiger charge is 2.14. The van der Waals surface area contributed by atoms with Gasteiger partial charge in [-0.1, -0.05) is 35.9 Å². The van der Waals surface area contributed by atoms with Gasteiger partial charge in [0.1, 0.15) is 5.75 Å². The van der Waals surface area contributed by atoms with E-state index in [1.165, 1.54) is 23.1 Å².